The van der Waals surface area contributed by atoms with E-state index in [1.165, 1.54) is 46.7 Å². The molecule has 6 rings (SSSR count). The van der Waals surface area contributed by atoms with Crippen LogP contribution in [0.2, 0.25) is 0 Å². The van der Waals surface area contributed by atoms with Gasteiger partial charge in [0.05, 0.1) is 0 Å². The Morgan fingerprint density at radius 2 is 1.83 bits per heavy atom. The fourth-order valence-electron chi connectivity index (χ4n) is 9.19. The van der Waals surface area contributed by atoms with Crippen molar-refractivity contribution < 1.29 is 22.8 Å². The lowest BCUT2D eigenvalue weighted by Crippen LogP contribution is -2.45. The molecule has 1 heterocycles. The second-order valence-electron chi connectivity index (χ2n) is 13.3. The van der Waals surface area contributed by atoms with Crippen LogP contribution in [0.5, 0.6) is 0 Å². The van der Waals surface area contributed by atoms with Crippen molar-refractivity contribution in [3.63, 3.8) is 0 Å². The van der Waals surface area contributed by atoms with Crippen LogP contribution in [0, 0.1) is 40.9 Å². The van der Waals surface area contributed by atoms with Crippen LogP contribution in [0.3, 0.4) is 0 Å². The highest BCUT2D eigenvalue weighted by molar-refractivity contribution is 5.93. The lowest BCUT2D eigenvalue weighted by Gasteiger charge is -2.53. The van der Waals surface area contributed by atoms with Gasteiger partial charge in [0.2, 0.25) is 0 Å². The maximum atomic E-state index is 13.5. The molecule has 0 spiro atoms. The summed E-state index contributed by atoms with van der Waals surface area (Å²) in [6, 6.07) is 9.05. The molecule has 0 radical (unpaired) electrons. The molecule has 0 amide bonds. The van der Waals surface area contributed by atoms with Gasteiger partial charge in [0.25, 0.3) is 0 Å². The van der Waals surface area contributed by atoms with E-state index >= 15 is 0 Å². The van der Waals surface area contributed by atoms with Gasteiger partial charge in [0.1, 0.15) is 5.78 Å². The summed E-state index contributed by atoms with van der Waals surface area (Å²) in [5, 5.41) is 0. The quantitative estimate of drug-likeness (QED) is 0.341. The van der Waals surface area contributed by atoms with Crippen LogP contribution >= 0.6 is 0 Å². The predicted molar refractivity (Wildman–Crippen MR) is 154 cm³/mol. The predicted octanol–water partition coefficient (Wildman–Crippen LogP) is 7.96. The van der Waals surface area contributed by atoms with Crippen molar-refractivity contribution in [2.45, 2.75) is 90.1 Å². The minimum Gasteiger partial charge on any atom is -0.372 e. The van der Waals surface area contributed by atoms with Crippen molar-refractivity contribution in [2.75, 3.05) is 18.0 Å². The van der Waals surface area contributed by atoms with E-state index in [4.69, 9.17) is 0 Å². The van der Waals surface area contributed by atoms with Crippen molar-refractivity contribution >= 4 is 17.3 Å². The van der Waals surface area contributed by atoms with E-state index in [9.17, 15) is 22.8 Å². The molecule has 0 N–H and O–H groups in total. The molecule has 5 aliphatic rings. The molecule has 6 atom stereocenters. The number of ketones is 2. The normalized spacial score (nSPS) is 33.0. The molecular formula is C35H40F3NO2. The van der Waals surface area contributed by atoms with E-state index in [1.54, 1.807) is 0 Å². The molecule has 218 valence electrons. The maximum absolute atomic E-state index is 13.5. The molecule has 1 unspecified atom stereocenters. The van der Waals surface area contributed by atoms with Gasteiger partial charge in [0, 0.05) is 55.8 Å². The molecule has 1 aromatic rings. The largest absolute Gasteiger partial charge is 0.457 e. The Hall–Kier alpha value is -2.81. The molecule has 3 nitrogen and oxygen atoms in total. The number of nitrogens with zero attached hydrogens (tertiary/aromatic N) is 1. The maximum Gasteiger partial charge on any atom is 0.457 e. The zero-order valence-corrected chi connectivity index (χ0v) is 24.2. The summed E-state index contributed by atoms with van der Waals surface area (Å²) in [5.41, 5.74) is 6.44. The summed E-state index contributed by atoms with van der Waals surface area (Å²) in [7, 11) is 0. The van der Waals surface area contributed by atoms with Gasteiger partial charge < -0.3 is 4.90 Å². The van der Waals surface area contributed by atoms with Gasteiger partial charge in [0.15, 0.2) is 5.78 Å². The van der Waals surface area contributed by atoms with E-state index in [0.717, 1.165) is 45.2 Å². The van der Waals surface area contributed by atoms with Crippen molar-refractivity contribution in [1.82, 2.24) is 0 Å². The molecular weight excluding hydrogens is 523 g/mol. The van der Waals surface area contributed by atoms with E-state index in [2.05, 4.69) is 48.9 Å². The third-order valence-corrected chi connectivity index (χ3v) is 11.0. The number of hydrogen-bond donors (Lipinski definition) is 0. The van der Waals surface area contributed by atoms with Crippen LogP contribution in [-0.4, -0.2) is 30.8 Å². The molecule has 2 saturated carbocycles. The van der Waals surface area contributed by atoms with E-state index in [-0.39, 0.29) is 41.7 Å². The standard InChI is InChI=1S/C35H40F3NO2/c1-22-19-28-30-14-15-31(32(41)7-3-4-16-35(36,37)38)34(30,2)21-29(33(28)26-13-12-25(40)20-27(22)26)23-8-10-24(11-9-23)39-17-5-6-18-39/h8-11,20,22,28-31H,3,5-7,12-15,17-19,21H2,1-2H3/t22?,28-,29+,30-,31+,34-/m0/s1. The lowest BCUT2D eigenvalue weighted by atomic mass is 9.50. The number of hydrogen-bond acceptors (Lipinski definition) is 3. The van der Waals surface area contributed by atoms with Gasteiger partial charge in [-0.3, -0.25) is 9.59 Å². The number of benzene rings is 1. The minimum absolute atomic E-state index is 0.0467. The number of carbonyl (C=O) groups excluding carboxylic acids is 2. The summed E-state index contributed by atoms with van der Waals surface area (Å²) in [4.78, 5) is 28.4. The molecule has 6 heteroatoms. The van der Waals surface area contributed by atoms with Gasteiger partial charge in [-0.25, -0.2) is 0 Å². The molecule has 1 aliphatic heterocycles. The molecule has 3 fully saturated rings. The molecule has 1 aromatic carbocycles. The highest BCUT2D eigenvalue weighted by atomic mass is 19.4. The number of anilines is 1. The van der Waals surface area contributed by atoms with Crippen LogP contribution in [0.1, 0.15) is 89.5 Å². The smallest absolute Gasteiger partial charge is 0.372 e. The monoisotopic (exact) mass is 563 g/mol. The van der Waals surface area contributed by atoms with Crippen LogP contribution < -0.4 is 4.90 Å². The zero-order valence-electron chi connectivity index (χ0n) is 24.2. The summed E-state index contributed by atoms with van der Waals surface area (Å²) in [5.74, 6) is 4.82. The Morgan fingerprint density at radius 3 is 2.54 bits per heavy atom. The molecule has 0 bridgehead atoms. The van der Waals surface area contributed by atoms with Crippen LogP contribution in [0.4, 0.5) is 18.9 Å². The molecule has 41 heavy (non-hydrogen) atoms. The molecule has 4 aliphatic carbocycles. The Bertz CT molecular complexity index is 1340. The Labute approximate surface area is 241 Å². The zero-order chi connectivity index (χ0) is 28.9. The average Bonchev–Trinajstić information content (AvgIpc) is 3.59. The second kappa shape index (κ2) is 10.8. The van der Waals surface area contributed by atoms with Crippen molar-refractivity contribution in [3.05, 3.63) is 52.6 Å². The first kappa shape index (κ1) is 28.3. The van der Waals surface area contributed by atoms with Crippen LogP contribution in [0.25, 0.3) is 0 Å². The number of rotatable bonds is 5. The van der Waals surface area contributed by atoms with Gasteiger partial charge in [-0.15, -0.1) is 0 Å². The molecule has 0 aromatic heterocycles. The first-order chi connectivity index (χ1) is 19.5. The first-order valence-electron chi connectivity index (χ1n) is 15.5. The number of allylic oxidation sites excluding steroid dienone is 4. The lowest BCUT2D eigenvalue weighted by molar-refractivity contribution is -0.127. The number of Topliss-reactive ketones (excluding diaryl/α,β-unsaturated/α-hetero) is 1. The molecule has 1 saturated heterocycles. The summed E-state index contributed by atoms with van der Waals surface area (Å²) in [6.07, 6.45) is 4.83. The van der Waals surface area contributed by atoms with Gasteiger partial charge >= 0.3 is 6.18 Å². The Balaban J connectivity index is 1.36. The summed E-state index contributed by atoms with van der Waals surface area (Å²) in [6.45, 7) is 6.71. The SMILES string of the molecule is CC1C[C@@H]2C(=C3CCC(=O)C=C31)[C@@H](c1ccc(N3CCCC3)cc1)C[C@]1(C)[C@@H](C(=O)CCC#CC(F)(F)F)CC[C@@H]21. The number of alkyl halides is 3. The average molecular weight is 564 g/mol. The van der Waals surface area contributed by atoms with Gasteiger partial charge in [-0.1, -0.05) is 37.5 Å². The number of halogens is 3. The first-order valence-corrected chi connectivity index (χ1v) is 15.5. The van der Waals surface area contributed by atoms with Crippen LogP contribution in [-0.2, 0) is 9.59 Å². The second-order valence-corrected chi connectivity index (χ2v) is 13.3. The topological polar surface area (TPSA) is 37.4 Å². The Morgan fingerprint density at radius 1 is 1.10 bits per heavy atom. The third kappa shape index (κ3) is 5.30. The van der Waals surface area contributed by atoms with Crippen molar-refractivity contribution in [1.29, 1.82) is 0 Å². The van der Waals surface area contributed by atoms with E-state index < -0.39 is 6.18 Å². The van der Waals surface area contributed by atoms with Crippen molar-refractivity contribution in [3.8, 4) is 11.8 Å². The Kier molecular flexibility index (Phi) is 7.45. The van der Waals surface area contributed by atoms with Crippen molar-refractivity contribution in [2.24, 2.45) is 29.1 Å². The summed E-state index contributed by atoms with van der Waals surface area (Å²) < 4.78 is 37.6. The number of fused-ring (bicyclic) bond motifs is 4. The van der Waals surface area contributed by atoms with Gasteiger partial charge in [-0.2, -0.15) is 13.2 Å². The fraction of sp³-hybridized carbons (Fsp3) is 0.600. The number of carbonyl (C=O) groups is 2. The van der Waals surface area contributed by atoms with Gasteiger partial charge in [-0.05, 0) is 103 Å². The van der Waals surface area contributed by atoms with Crippen LogP contribution in [0.15, 0.2) is 47.1 Å². The highest BCUT2D eigenvalue weighted by Gasteiger charge is 2.58. The minimum atomic E-state index is -4.52. The van der Waals surface area contributed by atoms with E-state index in [0.29, 0.717) is 24.2 Å². The fourth-order valence-corrected chi connectivity index (χ4v) is 9.19. The highest BCUT2D eigenvalue weighted by Crippen LogP contribution is 2.66. The van der Waals surface area contributed by atoms with E-state index in [1.807, 2.05) is 6.08 Å². The third-order valence-electron chi connectivity index (χ3n) is 11.0. The summed E-state index contributed by atoms with van der Waals surface area (Å²) >= 11 is 0.